The minimum atomic E-state index is -0.279. The van der Waals surface area contributed by atoms with E-state index in [-0.39, 0.29) is 9.92 Å². The Balaban J connectivity index is 2.71. The van der Waals surface area contributed by atoms with Gasteiger partial charge in [0.25, 0.3) is 0 Å². The van der Waals surface area contributed by atoms with Crippen LogP contribution in [0.2, 0.25) is 0 Å². The van der Waals surface area contributed by atoms with Crippen LogP contribution in [0.25, 0.3) is 10.1 Å². The molecule has 0 radical (unpaired) electrons. The van der Waals surface area contributed by atoms with Gasteiger partial charge in [0, 0.05) is 23.2 Å². The van der Waals surface area contributed by atoms with Crippen molar-refractivity contribution >= 4 is 32.1 Å². The van der Waals surface area contributed by atoms with Gasteiger partial charge in [-0.25, -0.2) is 0 Å². The average Bonchev–Trinajstić information content (AvgIpc) is 2.71. The lowest BCUT2D eigenvalue weighted by molar-refractivity contribution is -0.379. The molecule has 90 valence electrons. The third kappa shape index (κ3) is 1.98. The average molecular weight is 250 g/mol. The molecule has 0 aliphatic rings. The topological polar surface area (TPSA) is 46.4 Å². The Morgan fingerprint density at radius 1 is 1.29 bits per heavy atom. The molecule has 17 heavy (non-hydrogen) atoms. The van der Waals surface area contributed by atoms with Crippen LogP contribution in [0.4, 0.5) is 10.7 Å². The Kier molecular flexibility index (Phi) is 3.28. The highest BCUT2D eigenvalue weighted by Gasteiger charge is 2.24. The van der Waals surface area contributed by atoms with Gasteiger partial charge in [0.05, 0.1) is 4.92 Å². The summed E-state index contributed by atoms with van der Waals surface area (Å²) in [6.45, 7) is 5.58. The molecule has 1 aromatic carbocycles. The van der Waals surface area contributed by atoms with Gasteiger partial charge in [-0.2, -0.15) is 0 Å². The summed E-state index contributed by atoms with van der Waals surface area (Å²) < 4.78 is 0.973. The van der Waals surface area contributed by atoms with Crippen molar-refractivity contribution in [2.75, 3.05) is 18.0 Å². The number of hydrogen-bond acceptors (Lipinski definition) is 4. The third-order valence-electron chi connectivity index (χ3n) is 2.80. The molecule has 0 fully saturated rings. The van der Waals surface area contributed by atoms with Crippen LogP contribution in [-0.2, 0) is 0 Å². The lowest BCUT2D eigenvalue weighted by Gasteiger charge is -2.19. The Bertz CT molecular complexity index is 546. The molecule has 0 aliphatic carbocycles. The fraction of sp³-hybridized carbons (Fsp3) is 0.333. The summed E-state index contributed by atoms with van der Waals surface area (Å²) in [5, 5.41) is 12.3. The first-order valence-electron chi connectivity index (χ1n) is 5.59. The second-order valence-electron chi connectivity index (χ2n) is 3.68. The van der Waals surface area contributed by atoms with E-state index in [1.165, 1.54) is 11.3 Å². The van der Waals surface area contributed by atoms with Crippen LogP contribution in [0.3, 0.4) is 0 Å². The van der Waals surface area contributed by atoms with Gasteiger partial charge in [0.2, 0.25) is 0 Å². The Hall–Kier alpha value is -1.62. The Labute approximate surface area is 104 Å². The van der Waals surface area contributed by atoms with Crippen molar-refractivity contribution in [3.63, 3.8) is 0 Å². The van der Waals surface area contributed by atoms with Crippen molar-refractivity contribution in [2.45, 2.75) is 13.8 Å². The second kappa shape index (κ2) is 4.71. The number of thiophene rings is 1. The number of nitrogens with zero attached hydrogens (tertiary/aromatic N) is 2. The van der Waals surface area contributed by atoms with Gasteiger partial charge in [-0.3, -0.25) is 10.1 Å². The summed E-state index contributed by atoms with van der Waals surface area (Å²) >= 11 is 1.25. The maximum atomic E-state index is 11.1. The summed E-state index contributed by atoms with van der Waals surface area (Å²) in [5.41, 5.74) is 0.764. The molecule has 0 saturated heterocycles. The number of fused-ring (bicyclic) bond motifs is 1. The quantitative estimate of drug-likeness (QED) is 0.614. The van der Waals surface area contributed by atoms with Crippen LogP contribution in [-0.4, -0.2) is 18.0 Å². The van der Waals surface area contributed by atoms with Crippen molar-refractivity contribution in [2.24, 2.45) is 0 Å². The lowest BCUT2D eigenvalue weighted by atomic mass is 10.2. The molecule has 1 aromatic heterocycles. The van der Waals surface area contributed by atoms with E-state index in [1.54, 1.807) is 0 Å². The molecule has 0 N–H and O–H groups in total. The van der Waals surface area contributed by atoms with E-state index in [2.05, 4.69) is 0 Å². The fourth-order valence-corrected chi connectivity index (χ4v) is 3.03. The van der Waals surface area contributed by atoms with E-state index in [0.29, 0.717) is 0 Å². The molecule has 0 atom stereocenters. The van der Waals surface area contributed by atoms with Gasteiger partial charge in [-0.05, 0) is 19.9 Å². The number of anilines is 1. The number of benzene rings is 1. The molecule has 0 spiro atoms. The molecule has 0 saturated carbocycles. The molecule has 2 rings (SSSR count). The highest BCUT2D eigenvalue weighted by atomic mass is 32.1. The van der Waals surface area contributed by atoms with E-state index in [0.717, 1.165) is 28.9 Å². The van der Waals surface area contributed by atoms with Gasteiger partial charge in [0.1, 0.15) is 5.69 Å². The number of hydrogen-bond donors (Lipinski definition) is 0. The van der Waals surface area contributed by atoms with Crippen LogP contribution < -0.4 is 4.90 Å². The summed E-state index contributed by atoms with van der Waals surface area (Å²) in [6, 6.07) is 7.72. The van der Waals surface area contributed by atoms with Crippen LogP contribution >= 0.6 is 11.3 Å². The van der Waals surface area contributed by atoms with Gasteiger partial charge in [-0.15, -0.1) is 0 Å². The van der Waals surface area contributed by atoms with Gasteiger partial charge >= 0.3 is 5.00 Å². The minimum Gasteiger partial charge on any atom is -0.365 e. The predicted molar refractivity (Wildman–Crippen MR) is 72.0 cm³/mol. The molecular formula is C12H14N2O2S. The first-order chi connectivity index (χ1) is 8.19. The van der Waals surface area contributed by atoms with E-state index < -0.39 is 0 Å². The highest BCUT2D eigenvalue weighted by Crippen LogP contribution is 2.43. The molecule has 0 bridgehead atoms. The Morgan fingerprint density at radius 3 is 2.53 bits per heavy atom. The van der Waals surface area contributed by atoms with Crippen LogP contribution in [0.5, 0.6) is 0 Å². The van der Waals surface area contributed by atoms with Crippen LogP contribution in [0.15, 0.2) is 24.3 Å². The zero-order chi connectivity index (χ0) is 12.4. The van der Waals surface area contributed by atoms with E-state index >= 15 is 0 Å². The first-order valence-corrected chi connectivity index (χ1v) is 6.41. The van der Waals surface area contributed by atoms with E-state index in [1.807, 2.05) is 43.0 Å². The highest BCUT2D eigenvalue weighted by molar-refractivity contribution is 7.23. The smallest absolute Gasteiger partial charge is 0.348 e. The van der Waals surface area contributed by atoms with Crippen LogP contribution in [0, 0.1) is 10.1 Å². The van der Waals surface area contributed by atoms with Crippen molar-refractivity contribution < 1.29 is 4.92 Å². The van der Waals surface area contributed by atoms with Crippen molar-refractivity contribution in [1.82, 2.24) is 0 Å². The van der Waals surface area contributed by atoms with Crippen molar-refractivity contribution in [3.05, 3.63) is 34.4 Å². The monoisotopic (exact) mass is 250 g/mol. The number of nitro groups is 1. The fourth-order valence-electron chi connectivity index (χ4n) is 1.99. The van der Waals surface area contributed by atoms with Gasteiger partial charge < -0.3 is 4.90 Å². The van der Waals surface area contributed by atoms with E-state index in [4.69, 9.17) is 0 Å². The SMILES string of the molecule is CCN(CC)c1c([N+](=O)[O-])sc2ccccc12. The largest absolute Gasteiger partial charge is 0.365 e. The molecule has 0 aliphatic heterocycles. The molecule has 4 nitrogen and oxygen atoms in total. The maximum Gasteiger partial charge on any atom is 0.348 e. The molecular weight excluding hydrogens is 236 g/mol. The lowest BCUT2D eigenvalue weighted by Crippen LogP contribution is -2.22. The van der Waals surface area contributed by atoms with Gasteiger partial charge in [0.15, 0.2) is 0 Å². The van der Waals surface area contributed by atoms with Crippen molar-refractivity contribution in [3.8, 4) is 0 Å². The maximum absolute atomic E-state index is 11.1. The van der Waals surface area contributed by atoms with Crippen LogP contribution in [0.1, 0.15) is 13.8 Å². The summed E-state index contributed by atoms with van der Waals surface area (Å²) in [6.07, 6.45) is 0. The molecule has 5 heteroatoms. The minimum absolute atomic E-state index is 0.245. The summed E-state index contributed by atoms with van der Waals surface area (Å²) in [4.78, 5) is 12.9. The molecule has 1 heterocycles. The van der Waals surface area contributed by atoms with Gasteiger partial charge in [-0.1, -0.05) is 29.5 Å². The molecule has 2 aromatic rings. The zero-order valence-electron chi connectivity index (χ0n) is 9.84. The number of rotatable bonds is 4. The second-order valence-corrected chi connectivity index (χ2v) is 4.71. The summed E-state index contributed by atoms with van der Waals surface area (Å²) in [7, 11) is 0. The normalized spacial score (nSPS) is 10.7. The summed E-state index contributed by atoms with van der Waals surface area (Å²) in [5.74, 6) is 0. The third-order valence-corrected chi connectivity index (χ3v) is 3.91. The standard InChI is InChI=1S/C12H14N2O2S/c1-3-13(4-2)11-9-7-5-6-8-10(9)17-12(11)14(15)16/h5-8H,3-4H2,1-2H3. The molecule has 0 unspecified atom stereocenters. The Morgan fingerprint density at radius 2 is 1.94 bits per heavy atom. The zero-order valence-corrected chi connectivity index (χ0v) is 10.7. The van der Waals surface area contributed by atoms with Crippen molar-refractivity contribution in [1.29, 1.82) is 0 Å². The van der Waals surface area contributed by atoms with E-state index in [9.17, 15) is 10.1 Å². The first kappa shape index (κ1) is 11.9. The molecule has 0 amide bonds. The predicted octanol–water partition coefficient (Wildman–Crippen LogP) is 3.66.